The van der Waals surface area contributed by atoms with Crippen LogP contribution in [0, 0.1) is 0 Å². The van der Waals surface area contributed by atoms with Gasteiger partial charge in [-0.3, -0.25) is 4.79 Å². The first-order chi connectivity index (χ1) is 10.2. The second-order valence-corrected chi connectivity index (χ2v) is 6.77. The molecule has 0 aliphatic carbocycles. The Kier molecular flexibility index (Phi) is 4.17. The first kappa shape index (κ1) is 14.4. The molecule has 4 heteroatoms. The predicted octanol–water partition coefficient (Wildman–Crippen LogP) is 2.83. The van der Waals surface area contributed by atoms with Gasteiger partial charge in [-0.2, -0.15) is 11.8 Å². The minimum absolute atomic E-state index is 0.113. The Morgan fingerprint density at radius 3 is 2.67 bits per heavy atom. The third kappa shape index (κ3) is 3.22. The summed E-state index contributed by atoms with van der Waals surface area (Å²) in [5, 5.41) is 15.4. The van der Waals surface area contributed by atoms with Crippen molar-refractivity contribution >= 4 is 28.4 Å². The average molecular weight is 301 g/mol. The molecule has 21 heavy (non-hydrogen) atoms. The minimum atomic E-state index is -0.745. The zero-order valence-electron chi connectivity index (χ0n) is 11.8. The summed E-state index contributed by atoms with van der Waals surface area (Å²) in [5.41, 5.74) is -0.0761. The van der Waals surface area contributed by atoms with Crippen LogP contribution in [-0.4, -0.2) is 34.7 Å². The van der Waals surface area contributed by atoms with Gasteiger partial charge in [0.1, 0.15) is 0 Å². The van der Waals surface area contributed by atoms with Crippen molar-refractivity contribution in [1.29, 1.82) is 0 Å². The first-order valence-corrected chi connectivity index (χ1v) is 8.40. The molecule has 3 nitrogen and oxygen atoms in total. The molecule has 0 saturated carbocycles. The van der Waals surface area contributed by atoms with Crippen LogP contribution in [-0.2, 0) is 0 Å². The minimum Gasteiger partial charge on any atom is -0.388 e. The van der Waals surface area contributed by atoms with Crippen molar-refractivity contribution < 1.29 is 9.90 Å². The Bertz CT molecular complexity index is 645. The van der Waals surface area contributed by atoms with Crippen LogP contribution in [0.1, 0.15) is 23.2 Å². The van der Waals surface area contributed by atoms with E-state index in [1.54, 1.807) is 0 Å². The van der Waals surface area contributed by atoms with Crippen LogP contribution in [0.3, 0.4) is 0 Å². The smallest absolute Gasteiger partial charge is 0.252 e. The molecule has 0 atom stereocenters. The van der Waals surface area contributed by atoms with Crippen molar-refractivity contribution in [3.05, 3.63) is 48.0 Å². The molecule has 0 aromatic heterocycles. The molecule has 2 aromatic rings. The van der Waals surface area contributed by atoms with Crippen molar-refractivity contribution in [3.63, 3.8) is 0 Å². The molecule has 1 saturated heterocycles. The maximum Gasteiger partial charge on any atom is 0.252 e. The van der Waals surface area contributed by atoms with Gasteiger partial charge in [-0.1, -0.05) is 36.4 Å². The normalized spacial score (nSPS) is 17.6. The standard InChI is InChI=1S/C17H19NO2S/c19-16(18-12-17(20)8-10-21-11-9-17)15-7-3-5-13-4-1-2-6-14(13)15/h1-7,20H,8-12H2,(H,18,19). The molecule has 2 N–H and O–H groups in total. The third-order valence-corrected chi connectivity index (χ3v) is 5.02. The molecular weight excluding hydrogens is 282 g/mol. The number of aliphatic hydroxyl groups is 1. The van der Waals surface area contributed by atoms with Gasteiger partial charge < -0.3 is 10.4 Å². The lowest BCUT2D eigenvalue weighted by Crippen LogP contribution is -2.45. The summed E-state index contributed by atoms with van der Waals surface area (Å²) in [4.78, 5) is 12.4. The summed E-state index contributed by atoms with van der Waals surface area (Å²) in [5.74, 6) is 1.81. The van der Waals surface area contributed by atoms with Crippen molar-refractivity contribution in [2.24, 2.45) is 0 Å². The van der Waals surface area contributed by atoms with Crippen LogP contribution in [0.15, 0.2) is 42.5 Å². The van der Waals surface area contributed by atoms with E-state index < -0.39 is 5.60 Å². The number of hydrogen-bond acceptors (Lipinski definition) is 3. The number of benzene rings is 2. The highest BCUT2D eigenvalue weighted by atomic mass is 32.2. The lowest BCUT2D eigenvalue weighted by molar-refractivity contribution is 0.0311. The number of hydrogen-bond donors (Lipinski definition) is 2. The van der Waals surface area contributed by atoms with Crippen molar-refractivity contribution in [3.8, 4) is 0 Å². The Hall–Kier alpha value is -1.52. The highest BCUT2D eigenvalue weighted by molar-refractivity contribution is 7.99. The third-order valence-electron chi connectivity index (χ3n) is 4.04. The molecule has 1 aliphatic heterocycles. The molecule has 1 aliphatic rings. The number of carbonyl (C=O) groups is 1. The Morgan fingerprint density at radius 1 is 1.14 bits per heavy atom. The summed E-state index contributed by atoms with van der Waals surface area (Å²) < 4.78 is 0. The van der Waals surface area contributed by atoms with Crippen LogP contribution in [0.2, 0.25) is 0 Å². The van der Waals surface area contributed by atoms with Crippen molar-refractivity contribution in [1.82, 2.24) is 5.32 Å². The molecule has 0 radical (unpaired) electrons. The molecule has 1 amide bonds. The Labute approximate surface area is 128 Å². The summed E-state index contributed by atoms with van der Waals surface area (Å²) >= 11 is 1.86. The monoisotopic (exact) mass is 301 g/mol. The van der Waals surface area contributed by atoms with Gasteiger partial charge in [0.2, 0.25) is 0 Å². The fraction of sp³-hybridized carbons (Fsp3) is 0.353. The van der Waals surface area contributed by atoms with E-state index in [9.17, 15) is 9.90 Å². The fourth-order valence-corrected chi connectivity index (χ4v) is 3.94. The van der Waals surface area contributed by atoms with Gasteiger partial charge in [0, 0.05) is 12.1 Å². The van der Waals surface area contributed by atoms with Gasteiger partial charge in [-0.25, -0.2) is 0 Å². The number of rotatable bonds is 3. The molecule has 1 heterocycles. The average Bonchev–Trinajstić information content (AvgIpc) is 2.53. The molecule has 0 bridgehead atoms. The summed E-state index contributed by atoms with van der Waals surface area (Å²) in [7, 11) is 0. The van der Waals surface area contributed by atoms with Crippen LogP contribution in [0.5, 0.6) is 0 Å². The number of fused-ring (bicyclic) bond motifs is 1. The maximum absolute atomic E-state index is 12.4. The Morgan fingerprint density at radius 2 is 1.86 bits per heavy atom. The molecule has 3 rings (SSSR count). The predicted molar refractivity (Wildman–Crippen MR) is 87.8 cm³/mol. The van der Waals surface area contributed by atoms with E-state index in [2.05, 4.69) is 5.32 Å². The lowest BCUT2D eigenvalue weighted by atomic mass is 9.96. The van der Waals surface area contributed by atoms with Gasteiger partial charge in [-0.15, -0.1) is 0 Å². The second-order valence-electron chi connectivity index (χ2n) is 5.55. The quantitative estimate of drug-likeness (QED) is 0.916. The summed E-state index contributed by atoms with van der Waals surface area (Å²) in [6.07, 6.45) is 1.49. The van der Waals surface area contributed by atoms with Crippen molar-refractivity contribution in [2.75, 3.05) is 18.1 Å². The second kappa shape index (κ2) is 6.08. The molecular formula is C17H19NO2S. The van der Waals surface area contributed by atoms with E-state index in [4.69, 9.17) is 0 Å². The SMILES string of the molecule is O=C(NCC1(O)CCSCC1)c1cccc2ccccc12. The molecule has 2 aromatic carbocycles. The number of carbonyl (C=O) groups excluding carboxylic acids is 1. The van der Waals surface area contributed by atoms with E-state index in [0.29, 0.717) is 12.1 Å². The first-order valence-electron chi connectivity index (χ1n) is 7.24. The van der Waals surface area contributed by atoms with E-state index in [0.717, 1.165) is 35.1 Å². The fourth-order valence-electron chi connectivity index (χ4n) is 2.69. The van der Waals surface area contributed by atoms with Gasteiger partial charge in [0.15, 0.2) is 0 Å². The molecule has 0 spiro atoms. The molecule has 1 fully saturated rings. The van der Waals surface area contributed by atoms with E-state index in [1.807, 2.05) is 54.2 Å². The lowest BCUT2D eigenvalue weighted by Gasteiger charge is -2.31. The van der Waals surface area contributed by atoms with Gasteiger partial charge in [0.05, 0.1) is 5.60 Å². The number of thioether (sulfide) groups is 1. The van der Waals surface area contributed by atoms with Crippen LogP contribution >= 0.6 is 11.8 Å². The molecule has 0 unspecified atom stereocenters. The largest absolute Gasteiger partial charge is 0.388 e. The van der Waals surface area contributed by atoms with Crippen LogP contribution in [0.4, 0.5) is 0 Å². The zero-order chi connectivity index (χ0) is 14.7. The zero-order valence-corrected chi connectivity index (χ0v) is 12.7. The van der Waals surface area contributed by atoms with Crippen molar-refractivity contribution in [2.45, 2.75) is 18.4 Å². The maximum atomic E-state index is 12.4. The summed E-state index contributed by atoms with van der Waals surface area (Å²) in [6.45, 7) is 0.329. The van der Waals surface area contributed by atoms with E-state index in [1.165, 1.54) is 0 Å². The van der Waals surface area contributed by atoms with Crippen LogP contribution < -0.4 is 5.32 Å². The Balaban J connectivity index is 1.75. The van der Waals surface area contributed by atoms with Gasteiger partial charge in [0.25, 0.3) is 5.91 Å². The van der Waals surface area contributed by atoms with E-state index in [-0.39, 0.29) is 5.91 Å². The van der Waals surface area contributed by atoms with E-state index >= 15 is 0 Å². The van der Waals surface area contributed by atoms with Crippen LogP contribution in [0.25, 0.3) is 10.8 Å². The topological polar surface area (TPSA) is 49.3 Å². The number of amides is 1. The highest BCUT2D eigenvalue weighted by Crippen LogP contribution is 2.26. The van der Waals surface area contributed by atoms with Gasteiger partial charge in [-0.05, 0) is 41.2 Å². The number of nitrogens with one attached hydrogen (secondary N) is 1. The summed E-state index contributed by atoms with van der Waals surface area (Å²) in [6, 6.07) is 13.6. The molecule has 110 valence electrons. The highest BCUT2D eigenvalue weighted by Gasteiger charge is 2.30. The van der Waals surface area contributed by atoms with Gasteiger partial charge >= 0.3 is 0 Å².